The van der Waals surface area contributed by atoms with Crippen molar-refractivity contribution < 1.29 is 17.9 Å². The van der Waals surface area contributed by atoms with Crippen LogP contribution in [0.2, 0.25) is 5.02 Å². The Hall–Kier alpha value is -1.47. The van der Waals surface area contributed by atoms with E-state index in [0.29, 0.717) is 23.0 Å². The van der Waals surface area contributed by atoms with E-state index >= 15 is 0 Å². The van der Waals surface area contributed by atoms with Crippen LogP contribution in [0.5, 0.6) is 5.75 Å². The molecule has 1 N–H and O–H groups in total. The van der Waals surface area contributed by atoms with Gasteiger partial charge in [-0.25, -0.2) is 8.42 Å². The summed E-state index contributed by atoms with van der Waals surface area (Å²) < 4.78 is 30.6. The Morgan fingerprint density at radius 2 is 2.24 bits per heavy atom. The molecule has 1 amide bonds. The molecule has 1 aromatic carbocycles. The molecule has 1 aliphatic heterocycles. The SMILES string of the molecule is CCCNC(=O)[C@H]1CN(S(C)(=O)=O)c2cc(Cl)ccc2O1. The third kappa shape index (κ3) is 3.59. The third-order valence-electron chi connectivity index (χ3n) is 3.03. The molecular formula is C13H17ClN2O4S. The topological polar surface area (TPSA) is 75.7 Å². The fourth-order valence-electron chi connectivity index (χ4n) is 2.04. The first-order valence-corrected chi connectivity index (χ1v) is 8.77. The number of ether oxygens (including phenoxy) is 1. The smallest absolute Gasteiger partial charge is 0.263 e. The number of hydrogen-bond donors (Lipinski definition) is 1. The van der Waals surface area contributed by atoms with Crippen LogP contribution in [0.1, 0.15) is 13.3 Å². The van der Waals surface area contributed by atoms with E-state index in [1.165, 1.54) is 6.07 Å². The number of halogens is 1. The van der Waals surface area contributed by atoms with Crippen molar-refractivity contribution in [1.82, 2.24) is 5.32 Å². The van der Waals surface area contributed by atoms with Crippen LogP contribution in [0.25, 0.3) is 0 Å². The van der Waals surface area contributed by atoms with Crippen LogP contribution in [-0.4, -0.2) is 39.8 Å². The van der Waals surface area contributed by atoms with Gasteiger partial charge in [0.25, 0.3) is 5.91 Å². The Labute approximate surface area is 129 Å². The molecule has 0 saturated heterocycles. The molecule has 0 unspecified atom stereocenters. The fourth-order valence-corrected chi connectivity index (χ4v) is 3.11. The first-order chi connectivity index (χ1) is 9.82. The van der Waals surface area contributed by atoms with E-state index in [0.717, 1.165) is 17.0 Å². The number of nitrogens with one attached hydrogen (secondary N) is 1. The zero-order valence-electron chi connectivity index (χ0n) is 11.8. The van der Waals surface area contributed by atoms with Crippen LogP contribution in [0.15, 0.2) is 18.2 Å². The Kier molecular flexibility index (Phi) is 4.63. The molecular weight excluding hydrogens is 316 g/mol. The molecule has 1 aliphatic rings. The highest BCUT2D eigenvalue weighted by molar-refractivity contribution is 7.92. The molecule has 0 bridgehead atoms. The van der Waals surface area contributed by atoms with E-state index < -0.39 is 16.1 Å². The van der Waals surface area contributed by atoms with Gasteiger partial charge in [0.2, 0.25) is 10.0 Å². The van der Waals surface area contributed by atoms with Gasteiger partial charge in [0, 0.05) is 11.6 Å². The summed E-state index contributed by atoms with van der Waals surface area (Å²) in [7, 11) is -3.53. The maximum Gasteiger partial charge on any atom is 0.263 e. The monoisotopic (exact) mass is 332 g/mol. The molecule has 0 spiro atoms. The molecule has 0 fully saturated rings. The minimum atomic E-state index is -3.53. The van der Waals surface area contributed by atoms with Crippen molar-refractivity contribution in [3.8, 4) is 5.75 Å². The predicted molar refractivity (Wildman–Crippen MR) is 81.4 cm³/mol. The molecule has 116 valence electrons. The molecule has 8 heteroatoms. The van der Waals surface area contributed by atoms with Crippen LogP contribution in [0, 0.1) is 0 Å². The standard InChI is InChI=1S/C13H17ClN2O4S/c1-3-6-15-13(17)12-8-16(21(2,18)19)10-7-9(14)4-5-11(10)20-12/h4-5,7,12H,3,6,8H2,1-2H3,(H,15,17)/t12-/m1/s1. The molecule has 6 nitrogen and oxygen atoms in total. The van der Waals surface area contributed by atoms with Crippen molar-refractivity contribution in [3.05, 3.63) is 23.2 Å². The normalized spacial score (nSPS) is 17.9. The maximum atomic E-state index is 12.0. The van der Waals surface area contributed by atoms with E-state index in [9.17, 15) is 13.2 Å². The number of amides is 1. The van der Waals surface area contributed by atoms with Gasteiger partial charge in [0.05, 0.1) is 18.5 Å². The molecule has 0 saturated carbocycles. The summed E-state index contributed by atoms with van der Waals surface area (Å²) in [5.41, 5.74) is 0.351. The zero-order valence-corrected chi connectivity index (χ0v) is 13.4. The van der Waals surface area contributed by atoms with Crippen molar-refractivity contribution >= 4 is 33.2 Å². The second-order valence-electron chi connectivity index (χ2n) is 4.80. The summed E-state index contributed by atoms with van der Waals surface area (Å²) in [6, 6.07) is 4.67. The number of anilines is 1. The summed E-state index contributed by atoms with van der Waals surface area (Å²) in [5.74, 6) is -0.00109. The second kappa shape index (κ2) is 6.11. The van der Waals surface area contributed by atoms with E-state index in [1.54, 1.807) is 12.1 Å². The van der Waals surface area contributed by atoms with Gasteiger partial charge in [0.1, 0.15) is 5.75 Å². The lowest BCUT2D eigenvalue weighted by Gasteiger charge is -2.34. The number of hydrogen-bond acceptors (Lipinski definition) is 4. The van der Waals surface area contributed by atoms with E-state index in [4.69, 9.17) is 16.3 Å². The number of nitrogens with zero attached hydrogens (tertiary/aromatic N) is 1. The van der Waals surface area contributed by atoms with Crippen molar-refractivity contribution in [1.29, 1.82) is 0 Å². The molecule has 21 heavy (non-hydrogen) atoms. The highest BCUT2D eigenvalue weighted by Gasteiger charge is 2.34. The molecule has 2 rings (SSSR count). The van der Waals surface area contributed by atoms with E-state index in [1.807, 2.05) is 6.92 Å². The highest BCUT2D eigenvalue weighted by atomic mass is 35.5. The molecule has 1 aromatic rings. The Bertz CT molecular complexity index is 648. The summed E-state index contributed by atoms with van der Waals surface area (Å²) in [6.45, 7) is 2.38. The Morgan fingerprint density at radius 3 is 2.86 bits per heavy atom. The number of carbonyl (C=O) groups is 1. The lowest BCUT2D eigenvalue weighted by Crippen LogP contribution is -2.50. The van der Waals surface area contributed by atoms with Gasteiger partial charge in [-0.1, -0.05) is 18.5 Å². The average molecular weight is 333 g/mol. The Balaban J connectivity index is 2.34. The Morgan fingerprint density at radius 1 is 1.52 bits per heavy atom. The average Bonchev–Trinajstić information content (AvgIpc) is 2.42. The minimum absolute atomic E-state index is 0.0677. The number of fused-ring (bicyclic) bond motifs is 1. The molecule has 0 aliphatic carbocycles. The van der Waals surface area contributed by atoms with Crippen LogP contribution in [-0.2, 0) is 14.8 Å². The van der Waals surface area contributed by atoms with E-state index in [2.05, 4.69) is 5.32 Å². The molecule has 0 radical (unpaired) electrons. The quantitative estimate of drug-likeness (QED) is 0.904. The largest absolute Gasteiger partial charge is 0.476 e. The van der Waals surface area contributed by atoms with Crippen molar-refractivity contribution in [3.63, 3.8) is 0 Å². The lowest BCUT2D eigenvalue weighted by atomic mass is 10.2. The van der Waals surface area contributed by atoms with Crippen LogP contribution >= 0.6 is 11.6 Å². The second-order valence-corrected chi connectivity index (χ2v) is 7.15. The molecule has 1 heterocycles. The summed E-state index contributed by atoms with van der Waals surface area (Å²) >= 11 is 5.90. The first kappa shape index (κ1) is 15.9. The number of carbonyl (C=O) groups excluding carboxylic acids is 1. The van der Waals surface area contributed by atoms with Gasteiger partial charge < -0.3 is 10.1 Å². The maximum absolute atomic E-state index is 12.0. The highest BCUT2D eigenvalue weighted by Crippen LogP contribution is 2.36. The van der Waals surface area contributed by atoms with Gasteiger partial charge in [-0.2, -0.15) is 0 Å². The van der Waals surface area contributed by atoms with Crippen molar-refractivity contribution in [2.45, 2.75) is 19.4 Å². The fraction of sp³-hybridized carbons (Fsp3) is 0.462. The molecule has 1 atom stereocenters. The van der Waals surface area contributed by atoms with Gasteiger partial charge >= 0.3 is 0 Å². The van der Waals surface area contributed by atoms with Crippen LogP contribution in [0.4, 0.5) is 5.69 Å². The zero-order chi connectivity index (χ0) is 15.6. The summed E-state index contributed by atoms with van der Waals surface area (Å²) in [6.07, 6.45) is 1.00. The summed E-state index contributed by atoms with van der Waals surface area (Å²) in [4.78, 5) is 12.0. The van der Waals surface area contributed by atoms with Gasteiger partial charge in [0.15, 0.2) is 6.10 Å². The number of rotatable bonds is 4. The summed E-state index contributed by atoms with van der Waals surface area (Å²) in [5, 5.41) is 3.11. The van der Waals surface area contributed by atoms with E-state index in [-0.39, 0.29) is 12.5 Å². The van der Waals surface area contributed by atoms with Crippen LogP contribution in [0.3, 0.4) is 0 Å². The minimum Gasteiger partial charge on any atom is -0.476 e. The van der Waals surface area contributed by atoms with Crippen LogP contribution < -0.4 is 14.4 Å². The predicted octanol–water partition coefficient (Wildman–Crippen LogP) is 1.39. The van der Waals surface area contributed by atoms with Gasteiger partial charge in [-0.05, 0) is 24.6 Å². The third-order valence-corrected chi connectivity index (χ3v) is 4.41. The molecule has 0 aromatic heterocycles. The van der Waals surface area contributed by atoms with Gasteiger partial charge in [-0.3, -0.25) is 9.10 Å². The number of benzene rings is 1. The number of sulfonamides is 1. The van der Waals surface area contributed by atoms with Crippen molar-refractivity contribution in [2.24, 2.45) is 0 Å². The van der Waals surface area contributed by atoms with Gasteiger partial charge in [-0.15, -0.1) is 0 Å². The van der Waals surface area contributed by atoms with Crippen molar-refractivity contribution in [2.75, 3.05) is 23.7 Å². The first-order valence-electron chi connectivity index (χ1n) is 6.54. The lowest BCUT2D eigenvalue weighted by molar-refractivity contribution is -0.127.